The standard InChI is InChI=1S/2Li.H2O6S2/c;;1-7(2,3)8(4,5)6/h;;(H,1,2,3)(H,4,5,6)/q2*+1;/p-2. The summed E-state index contributed by atoms with van der Waals surface area (Å²) >= 11 is 0. The number of hydrogen-bond acceptors (Lipinski definition) is 6. The summed E-state index contributed by atoms with van der Waals surface area (Å²) in [7, 11) is -11.3. The van der Waals surface area contributed by atoms with Crippen LogP contribution in [0.2, 0.25) is 0 Å². The Morgan fingerprint density at radius 1 is 0.700 bits per heavy atom. The van der Waals surface area contributed by atoms with E-state index in [1.165, 1.54) is 0 Å². The van der Waals surface area contributed by atoms with E-state index in [2.05, 4.69) is 0 Å². The predicted molar refractivity (Wildman–Crippen MR) is 19.4 cm³/mol. The Bertz CT molecular complexity index is 226. The molecule has 0 saturated carbocycles. The van der Waals surface area contributed by atoms with Crippen molar-refractivity contribution in [3.05, 3.63) is 0 Å². The largest absolute Gasteiger partial charge is 1.00 e. The Balaban J connectivity index is -0.000000245. The molecule has 0 aliphatic carbocycles. The summed E-state index contributed by atoms with van der Waals surface area (Å²) in [5.74, 6) is 0. The molecule has 10 heteroatoms. The van der Waals surface area contributed by atoms with E-state index >= 15 is 0 Å². The Labute approximate surface area is 81.6 Å². The topological polar surface area (TPSA) is 114 Å². The Hall–Kier alpha value is 1.01. The molecule has 0 aromatic heterocycles. The molecule has 6 nitrogen and oxygen atoms in total. The molecule has 0 atom stereocenters. The van der Waals surface area contributed by atoms with Gasteiger partial charge in [0.1, 0.15) is 0 Å². The Kier molecular flexibility index (Phi) is 8.26. The number of hydrogen-bond donors (Lipinski definition) is 0. The van der Waals surface area contributed by atoms with Gasteiger partial charge in [0.2, 0.25) is 0 Å². The summed E-state index contributed by atoms with van der Waals surface area (Å²) in [5.41, 5.74) is 0. The third-order valence-corrected chi connectivity index (χ3v) is 2.25. The zero-order valence-electron chi connectivity index (χ0n) is 5.27. The van der Waals surface area contributed by atoms with Crippen LogP contribution in [0, 0.1) is 0 Å². The van der Waals surface area contributed by atoms with E-state index in [1.807, 2.05) is 0 Å². The van der Waals surface area contributed by atoms with Crippen LogP contribution in [0.5, 0.6) is 0 Å². The third kappa shape index (κ3) is 5.77. The summed E-state index contributed by atoms with van der Waals surface area (Å²) in [6, 6.07) is 0. The molecular weight excluding hydrogens is 174 g/mol. The van der Waals surface area contributed by atoms with Crippen molar-refractivity contribution in [2.45, 2.75) is 0 Å². The average molecular weight is 174 g/mol. The van der Waals surface area contributed by atoms with Crippen molar-refractivity contribution in [3.8, 4) is 0 Å². The molecule has 0 rings (SSSR count). The van der Waals surface area contributed by atoms with Crippen LogP contribution in [0.1, 0.15) is 0 Å². The van der Waals surface area contributed by atoms with Gasteiger partial charge in [0.05, 0.1) is 0 Å². The van der Waals surface area contributed by atoms with Crippen molar-refractivity contribution in [2.24, 2.45) is 0 Å². The van der Waals surface area contributed by atoms with Crippen molar-refractivity contribution < 1.29 is 63.7 Å². The Morgan fingerprint density at radius 2 is 0.800 bits per heavy atom. The van der Waals surface area contributed by atoms with Crippen LogP contribution < -0.4 is 37.7 Å². The summed E-state index contributed by atoms with van der Waals surface area (Å²) in [5, 5.41) is 0. The van der Waals surface area contributed by atoms with Gasteiger partial charge in [-0.05, 0) is 0 Å². The van der Waals surface area contributed by atoms with Crippen molar-refractivity contribution in [2.75, 3.05) is 0 Å². The molecule has 10 heavy (non-hydrogen) atoms. The van der Waals surface area contributed by atoms with Gasteiger partial charge in [-0.15, -0.1) is 0 Å². The van der Waals surface area contributed by atoms with E-state index in [9.17, 15) is 25.9 Å². The SMILES string of the molecule is O=S(=O)([O-])S(=O)(=O)[O-].[Li+].[Li+]. The smallest absolute Gasteiger partial charge is 0.736 e. The zero-order chi connectivity index (χ0) is 7.00. The summed E-state index contributed by atoms with van der Waals surface area (Å²) in [6.45, 7) is 0. The molecule has 0 spiro atoms. The zero-order valence-corrected chi connectivity index (χ0v) is 6.90. The first kappa shape index (κ1) is 17.2. The predicted octanol–water partition coefficient (Wildman–Crippen LogP) is -8.00. The second-order valence-electron chi connectivity index (χ2n) is 0.816. The minimum absolute atomic E-state index is 0. The summed E-state index contributed by atoms with van der Waals surface area (Å²) in [6.07, 6.45) is 0. The maximum atomic E-state index is 9.20. The second kappa shape index (κ2) is 4.80. The molecule has 50 valence electrons. The van der Waals surface area contributed by atoms with Gasteiger partial charge in [0.15, 0.2) is 18.3 Å². The molecule has 0 fully saturated rings. The van der Waals surface area contributed by atoms with Gasteiger partial charge in [0, 0.05) is 0 Å². The summed E-state index contributed by atoms with van der Waals surface area (Å²) in [4.78, 5) is 0. The molecule has 0 aliphatic heterocycles. The van der Waals surface area contributed by atoms with Crippen molar-refractivity contribution in [1.29, 1.82) is 0 Å². The first-order valence-electron chi connectivity index (χ1n) is 1.17. The molecule has 0 aromatic rings. The molecular formula is Li2O6S2. The van der Waals surface area contributed by atoms with Gasteiger partial charge >= 0.3 is 37.7 Å². The maximum Gasteiger partial charge on any atom is 1.00 e. The van der Waals surface area contributed by atoms with E-state index in [1.54, 1.807) is 0 Å². The van der Waals surface area contributed by atoms with Crippen molar-refractivity contribution in [3.63, 3.8) is 0 Å². The van der Waals surface area contributed by atoms with Gasteiger partial charge in [-0.2, -0.15) is 0 Å². The molecule has 0 saturated heterocycles. The van der Waals surface area contributed by atoms with Crippen LogP contribution in [-0.4, -0.2) is 25.9 Å². The third-order valence-electron chi connectivity index (χ3n) is 0.250. The molecule has 0 bridgehead atoms. The molecule has 0 unspecified atom stereocenters. The normalized spacial score (nSPS) is 11.0. The van der Waals surface area contributed by atoms with E-state index in [4.69, 9.17) is 0 Å². The van der Waals surface area contributed by atoms with Crippen LogP contribution in [-0.2, 0) is 18.3 Å². The van der Waals surface area contributed by atoms with Crippen LogP contribution in [0.25, 0.3) is 0 Å². The van der Waals surface area contributed by atoms with Gasteiger partial charge in [-0.3, -0.25) is 0 Å². The van der Waals surface area contributed by atoms with Gasteiger partial charge in [-0.1, -0.05) is 0 Å². The monoisotopic (exact) mass is 174 g/mol. The van der Waals surface area contributed by atoms with E-state index < -0.39 is 18.3 Å². The van der Waals surface area contributed by atoms with Crippen LogP contribution in [0.15, 0.2) is 0 Å². The van der Waals surface area contributed by atoms with E-state index in [0.29, 0.717) is 0 Å². The van der Waals surface area contributed by atoms with E-state index in [0.717, 1.165) is 0 Å². The molecule has 0 amide bonds. The Morgan fingerprint density at radius 3 is 0.800 bits per heavy atom. The molecule has 0 radical (unpaired) electrons. The minimum Gasteiger partial charge on any atom is -0.736 e. The maximum absolute atomic E-state index is 9.20. The molecule has 0 heterocycles. The van der Waals surface area contributed by atoms with Crippen molar-refractivity contribution in [1.82, 2.24) is 0 Å². The van der Waals surface area contributed by atoms with Crippen LogP contribution in [0.3, 0.4) is 0 Å². The minimum atomic E-state index is -5.67. The molecule has 0 aromatic carbocycles. The van der Waals surface area contributed by atoms with Gasteiger partial charge < -0.3 is 9.11 Å². The van der Waals surface area contributed by atoms with Gasteiger partial charge in [-0.25, -0.2) is 16.8 Å². The van der Waals surface area contributed by atoms with Gasteiger partial charge in [0.25, 0.3) is 0 Å². The van der Waals surface area contributed by atoms with E-state index in [-0.39, 0.29) is 37.7 Å². The fourth-order valence-electron chi connectivity index (χ4n) is 0. The van der Waals surface area contributed by atoms with Crippen molar-refractivity contribution >= 4 is 18.3 Å². The fraction of sp³-hybridized carbons (Fsp3) is 0. The summed E-state index contributed by atoms with van der Waals surface area (Å²) < 4.78 is 55.2. The first-order chi connectivity index (χ1) is 3.25. The second-order valence-corrected chi connectivity index (χ2v) is 4.90. The van der Waals surface area contributed by atoms with Crippen LogP contribution >= 0.6 is 0 Å². The molecule has 0 aliphatic rings. The number of rotatable bonds is 1. The molecule has 0 N–H and O–H groups in total. The quantitative estimate of drug-likeness (QED) is 0.221. The average Bonchev–Trinajstić information content (AvgIpc) is 1.25. The fourth-order valence-corrected chi connectivity index (χ4v) is 0. The first-order valence-corrected chi connectivity index (χ1v) is 4.50. The van der Waals surface area contributed by atoms with Crippen LogP contribution in [0.4, 0.5) is 0 Å².